The Morgan fingerprint density at radius 1 is 1.14 bits per heavy atom. The van der Waals surface area contributed by atoms with E-state index >= 15 is 0 Å². The van der Waals surface area contributed by atoms with Gasteiger partial charge in [0.1, 0.15) is 11.6 Å². The predicted molar refractivity (Wildman–Crippen MR) is 79.3 cm³/mol. The molecule has 2 aromatic rings. The molecule has 2 unspecified atom stereocenters. The fourth-order valence-electron chi connectivity index (χ4n) is 2.37. The first-order chi connectivity index (χ1) is 9.93. The molecule has 112 valence electrons. The first-order valence-electron chi connectivity index (χ1n) is 6.53. The second-order valence-electron chi connectivity index (χ2n) is 4.95. The molecule has 0 heterocycles. The summed E-state index contributed by atoms with van der Waals surface area (Å²) in [6, 6.07) is 8.36. The highest BCUT2D eigenvalue weighted by Crippen LogP contribution is 2.34. The number of aliphatic hydroxyl groups is 1. The number of aryl methyl sites for hydroxylation is 1. The normalized spacial score (nSPS) is 14.0. The predicted octanol–water partition coefficient (Wildman–Crippen LogP) is 3.70. The minimum atomic E-state index is -1.02. The molecular weight excluding hydrogens is 296 g/mol. The zero-order valence-electron chi connectivity index (χ0n) is 11.5. The molecular formula is C16H16ClF2NO. The molecule has 21 heavy (non-hydrogen) atoms. The molecule has 5 heteroatoms. The van der Waals surface area contributed by atoms with Crippen LogP contribution in [0.1, 0.15) is 28.7 Å². The van der Waals surface area contributed by atoms with Crippen molar-refractivity contribution in [3.63, 3.8) is 0 Å². The SMILES string of the molecule is Cc1ccc(Cl)cc1C(O)C(CN)c1ccc(F)cc1F. The van der Waals surface area contributed by atoms with Crippen LogP contribution < -0.4 is 5.73 Å². The highest BCUT2D eigenvalue weighted by Gasteiger charge is 2.25. The number of benzene rings is 2. The molecule has 0 bridgehead atoms. The van der Waals surface area contributed by atoms with Crippen LogP contribution in [0.15, 0.2) is 36.4 Å². The van der Waals surface area contributed by atoms with Gasteiger partial charge in [-0.3, -0.25) is 0 Å². The van der Waals surface area contributed by atoms with Gasteiger partial charge in [-0.15, -0.1) is 0 Å². The van der Waals surface area contributed by atoms with Crippen LogP contribution in [-0.2, 0) is 0 Å². The van der Waals surface area contributed by atoms with Crippen LogP contribution in [0.5, 0.6) is 0 Å². The number of aliphatic hydroxyl groups excluding tert-OH is 1. The van der Waals surface area contributed by atoms with E-state index < -0.39 is 23.7 Å². The van der Waals surface area contributed by atoms with E-state index in [1.807, 2.05) is 6.92 Å². The Bertz CT molecular complexity index is 648. The summed E-state index contributed by atoms with van der Waals surface area (Å²) < 4.78 is 26.9. The summed E-state index contributed by atoms with van der Waals surface area (Å²) in [6.45, 7) is 1.85. The first kappa shape index (κ1) is 15.9. The maximum Gasteiger partial charge on any atom is 0.129 e. The van der Waals surface area contributed by atoms with Gasteiger partial charge >= 0.3 is 0 Å². The molecule has 0 radical (unpaired) electrons. The van der Waals surface area contributed by atoms with E-state index in [9.17, 15) is 13.9 Å². The molecule has 0 saturated carbocycles. The summed E-state index contributed by atoms with van der Waals surface area (Å²) in [6.07, 6.45) is -1.02. The molecule has 3 N–H and O–H groups in total. The quantitative estimate of drug-likeness (QED) is 0.904. The van der Waals surface area contributed by atoms with Crippen molar-refractivity contribution in [3.8, 4) is 0 Å². The van der Waals surface area contributed by atoms with E-state index in [1.165, 1.54) is 6.07 Å². The monoisotopic (exact) mass is 311 g/mol. The Morgan fingerprint density at radius 3 is 2.48 bits per heavy atom. The maximum absolute atomic E-state index is 13.9. The van der Waals surface area contributed by atoms with Gasteiger partial charge in [-0.2, -0.15) is 0 Å². The van der Waals surface area contributed by atoms with Crippen LogP contribution in [0.2, 0.25) is 5.02 Å². The molecule has 2 nitrogen and oxygen atoms in total. The highest BCUT2D eigenvalue weighted by molar-refractivity contribution is 6.30. The Balaban J connectivity index is 2.43. The van der Waals surface area contributed by atoms with Crippen molar-refractivity contribution in [2.75, 3.05) is 6.54 Å². The summed E-state index contributed by atoms with van der Waals surface area (Å²) in [5, 5.41) is 11.0. The summed E-state index contributed by atoms with van der Waals surface area (Å²) in [5.74, 6) is -2.06. The Morgan fingerprint density at radius 2 is 1.86 bits per heavy atom. The van der Waals surface area contributed by atoms with Crippen molar-refractivity contribution in [1.82, 2.24) is 0 Å². The average molecular weight is 312 g/mol. The lowest BCUT2D eigenvalue weighted by Gasteiger charge is -2.24. The van der Waals surface area contributed by atoms with Gasteiger partial charge in [-0.05, 0) is 41.8 Å². The summed E-state index contributed by atoms with van der Waals surface area (Å²) in [5.41, 5.74) is 7.28. The van der Waals surface area contributed by atoms with Crippen LogP contribution in [0.4, 0.5) is 8.78 Å². The topological polar surface area (TPSA) is 46.2 Å². The van der Waals surface area contributed by atoms with E-state index in [0.717, 1.165) is 17.7 Å². The molecule has 0 aliphatic rings. The van der Waals surface area contributed by atoms with Crippen LogP contribution in [0, 0.1) is 18.6 Å². The largest absolute Gasteiger partial charge is 0.388 e. The van der Waals surface area contributed by atoms with Gasteiger partial charge in [-0.1, -0.05) is 23.7 Å². The van der Waals surface area contributed by atoms with Crippen LogP contribution in [0.25, 0.3) is 0 Å². The first-order valence-corrected chi connectivity index (χ1v) is 6.91. The maximum atomic E-state index is 13.9. The summed E-state index contributed by atoms with van der Waals surface area (Å²) >= 11 is 5.94. The molecule has 0 amide bonds. The lowest BCUT2D eigenvalue weighted by Crippen LogP contribution is -2.22. The van der Waals surface area contributed by atoms with Crippen molar-refractivity contribution in [3.05, 3.63) is 69.7 Å². The minimum Gasteiger partial charge on any atom is -0.388 e. The Kier molecular flexibility index (Phi) is 4.93. The smallest absolute Gasteiger partial charge is 0.129 e. The molecule has 2 atom stereocenters. The molecule has 0 aromatic heterocycles. The number of hydrogen-bond donors (Lipinski definition) is 2. The average Bonchev–Trinajstić information content (AvgIpc) is 2.44. The van der Waals surface area contributed by atoms with Crippen molar-refractivity contribution < 1.29 is 13.9 Å². The molecule has 0 spiro atoms. The Labute approximate surface area is 127 Å². The summed E-state index contributed by atoms with van der Waals surface area (Å²) in [7, 11) is 0. The zero-order chi connectivity index (χ0) is 15.6. The zero-order valence-corrected chi connectivity index (χ0v) is 12.2. The van der Waals surface area contributed by atoms with Crippen molar-refractivity contribution in [2.45, 2.75) is 18.9 Å². The van der Waals surface area contributed by atoms with E-state index in [-0.39, 0.29) is 12.1 Å². The third-order valence-electron chi connectivity index (χ3n) is 3.56. The van der Waals surface area contributed by atoms with Gasteiger partial charge in [0, 0.05) is 23.6 Å². The van der Waals surface area contributed by atoms with E-state index in [2.05, 4.69) is 0 Å². The fraction of sp³-hybridized carbons (Fsp3) is 0.250. The van der Waals surface area contributed by atoms with Crippen LogP contribution in [-0.4, -0.2) is 11.7 Å². The number of halogens is 3. The third kappa shape index (κ3) is 3.40. The van der Waals surface area contributed by atoms with E-state index in [4.69, 9.17) is 17.3 Å². The molecule has 2 aromatic carbocycles. The molecule has 0 aliphatic carbocycles. The van der Waals surface area contributed by atoms with Crippen molar-refractivity contribution >= 4 is 11.6 Å². The third-order valence-corrected chi connectivity index (χ3v) is 3.79. The minimum absolute atomic E-state index is 0.0235. The lowest BCUT2D eigenvalue weighted by molar-refractivity contribution is 0.145. The lowest BCUT2D eigenvalue weighted by atomic mass is 9.87. The summed E-state index contributed by atoms with van der Waals surface area (Å²) in [4.78, 5) is 0. The van der Waals surface area contributed by atoms with Gasteiger partial charge in [-0.25, -0.2) is 8.78 Å². The number of nitrogens with two attached hydrogens (primary N) is 1. The second kappa shape index (κ2) is 6.52. The number of hydrogen-bond acceptors (Lipinski definition) is 2. The van der Waals surface area contributed by atoms with Gasteiger partial charge < -0.3 is 10.8 Å². The Hall–Kier alpha value is -1.49. The molecule has 0 fully saturated rings. The van der Waals surface area contributed by atoms with Gasteiger partial charge in [0.15, 0.2) is 0 Å². The highest BCUT2D eigenvalue weighted by atomic mass is 35.5. The van der Waals surface area contributed by atoms with E-state index in [1.54, 1.807) is 18.2 Å². The second-order valence-corrected chi connectivity index (χ2v) is 5.39. The number of rotatable bonds is 4. The standard InChI is InChI=1S/C16H16ClF2NO/c1-9-2-3-10(17)6-13(9)16(21)14(8-20)12-5-4-11(18)7-15(12)19/h2-7,14,16,21H,8,20H2,1H3. The molecule has 2 rings (SSSR count). The van der Waals surface area contributed by atoms with E-state index in [0.29, 0.717) is 10.6 Å². The fourth-order valence-corrected chi connectivity index (χ4v) is 2.56. The van der Waals surface area contributed by atoms with Gasteiger partial charge in [0.25, 0.3) is 0 Å². The van der Waals surface area contributed by atoms with Crippen LogP contribution in [0.3, 0.4) is 0 Å². The molecule has 0 saturated heterocycles. The van der Waals surface area contributed by atoms with Gasteiger partial charge in [0.2, 0.25) is 0 Å². The molecule has 0 aliphatic heterocycles. The van der Waals surface area contributed by atoms with Crippen LogP contribution >= 0.6 is 11.6 Å². The van der Waals surface area contributed by atoms with Gasteiger partial charge in [0.05, 0.1) is 6.10 Å². The van der Waals surface area contributed by atoms with Crippen molar-refractivity contribution in [2.24, 2.45) is 5.73 Å². The van der Waals surface area contributed by atoms with Crippen molar-refractivity contribution in [1.29, 1.82) is 0 Å².